The minimum Gasteiger partial charge on any atom is -0.493 e. The van der Waals surface area contributed by atoms with Gasteiger partial charge in [0.1, 0.15) is 11.6 Å². The summed E-state index contributed by atoms with van der Waals surface area (Å²) in [6, 6.07) is 14.1. The van der Waals surface area contributed by atoms with Crippen molar-refractivity contribution in [3.63, 3.8) is 0 Å². The number of nitrogens with zero attached hydrogens (tertiary/aromatic N) is 1. The third kappa shape index (κ3) is 6.52. The molecule has 144 valence electrons. The van der Waals surface area contributed by atoms with Crippen LogP contribution in [0.5, 0.6) is 5.75 Å². The highest BCUT2D eigenvalue weighted by Gasteiger charge is 2.20. The number of hydrogen-bond donors (Lipinski definition) is 1. The molecule has 0 spiro atoms. The lowest BCUT2D eigenvalue weighted by Crippen LogP contribution is -2.44. The molecule has 0 unspecified atom stereocenters. The molecular formula is C21H24ClFN2O2. The van der Waals surface area contributed by atoms with Gasteiger partial charge in [0.15, 0.2) is 0 Å². The van der Waals surface area contributed by atoms with E-state index in [1.54, 1.807) is 12.1 Å². The first-order valence-electron chi connectivity index (χ1n) is 9.23. The first kappa shape index (κ1) is 19.6. The molecule has 2 aromatic carbocycles. The van der Waals surface area contributed by atoms with Crippen LogP contribution < -0.4 is 10.1 Å². The number of halogens is 2. The Bertz CT molecular complexity index is 746. The van der Waals surface area contributed by atoms with Crippen molar-refractivity contribution in [3.05, 3.63) is 64.9 Å². The van der Waals surface area contributed by atoms with E-state index in [2.05, 4.69) is 22.3 Å². The Morgan fingerprint density at radius 1 is 1.19 bits per heavy atom. The Morgan fingerprint density at radius 2 is 1.93 bits per heavy atom. The normalized spacial score (nSPS) is 15.5. The zero-order chi connectivity index (χ0) is 19.1. The molecule has 1 saturated heterocycles. The fourth-order valence-corrected chi connectivity index (χ4v) is 3.33. The maximum Gasteiger partial charge on any atom is 0.223 e. The number of nitrogens with one attached hydrogen (secondary N) is 1. The van der Waals surface area contributed by atoms with Crippen molar-refractivity contribution in [1.82, 2.24) is 10.2 Å². The highest BCUT2D eigenvalue weighted by molar-refractivity contribution is 6.30. The fraction of sp³-hybridized carbons (Fsp3) is 0.381. The van der Waals surface area contributed by atoms with Crippen LogP contribution in [-0.2, 0) is 11.3 Å². The number of ether oxygens (including phenoxy) is 1. The second-order valence-electron chi connectivity index (χ2n) is 6.80. The minimum atomic E-state index is -0.345. The quantitative estimate of drug-likeness (QED) is 0.776. The average Bonchev–Trinajstić information content (AvgIpc) is 2.65. The molecule has 1 heterocycles. The van der Waals surface area contributed by atoms with Crippen LogP contribution in [0.3, 0.4) is 0 Å². The first-order chi connectivity index (χ1) is 13.1. The summed E-state index contributed by atoms with van der Waals surface area (Å²) in [5.74, 6) is 0.0724. The summed E-state index contributed by atoms with van der Waals surface area (Å²) in [6.07, 6.45) is 2.13. The smallest absolute Gasteiger partial charge is 0.223 e. The van der Waals surface area contributed by atoms with Gasteiger partial charge < -0.3 is 10.1 Å². The van der Waals surface area contributed by atoms with Gasteiger partial charge in [0.05, 0.1) is 13.0 Å². The van der Waals surface area contributed by atoms with Crippen LogP contribution in [0.2, 0.25) is 5.02 Å². The van der Waals surface area contributed by atoms with Gasteiger partial charge in [0.25, 0.3) is 0 Å². The van der Waals surface area contributed by atoms with Crippen molar-refractivity contribution in [2.24, 2.45) is 0 Å². The molecule has 0 bridgehead atoms. The molecule has 0 saturated carbocycles. The average molecular weight is 391 g/mol. The van der Waals surface area contributed by atoms with Crippen molar-refractivity contribution in [2.75, 3.05) is 19.7 Å². The van der Waals surface area contributed by atoms with Crippen LogP contribution in [-0.4, -0.2) is 36.5 Å². The maximum atomic E-state index is 13.1. The van der Waals surface area contributed by atoms with Crippen molar-refractivity contribution >= 4 is 17.5 Å². The topological polar surface area (TPSA) is 41.6 Å². The molecule has 0 aromatic heterocycles. The van der Waals surface area contributed by atoms with Gasteiger partial charge in [-0.1, -0.05) is 29.8 Å². The van der Waals surface area contributed by atoms with Gasteiger partial charge in [-0.2, -0.15) is 0 Å². The van der Waals surface area contributed by atoms with E-state index < -0.39 is 0 Å². The number of carbonyl (C=O) groups excluding carboxylic acids is 1. The molecule has 1 fully saturated rings. The van der Waals surface area contributed by atoms with E-state index >= 15 is 0 Å². The third-order valence-corrected chi connectivity index (χ3v) is 4.92. The highest BCUT2D eigenvalue weighted by atomic mass is 35.5. The van der Waals surface area contributed by atoms with Crippen molar-refractivity contribution in [2.45, 2.75) is 31.8 Å². The SMILES string of the molecule is O=C(CCOc1cccc(F)c1)NC1CCN(Cc2ccc(Cl)cc2)CC1. The van der Waals surface area contributed by atoms with Gasteiger partial charge in [0, 0.05) is 36.8 Å². The van der Waals surface area contributed by atoms with Gasteiger partial charge in [-0.25, -0.2) is 4.39 Å². The van der Waals surface area contributed by atoms with Crippen LogP contribution in [0, 0.1) is 5.82 Å². The predicted molar refractivity (Wildman–Crippen MR) is 104 cm³/mol. The lowest BCUT2D eigenvalue weighted by Gasteiger charge is -2.32. The summed E-state index contributed by atoms with van der Waals surface area (Å²) < 4.78 is 18.5. The highest BCUT2D eigenvalue weighted by Crippen LogP contribution is 2.16. The Morgan fingerprint density at radius 3 is 2.63 bits per heavy atom. The summed E-state index contributed by atoms with van der Waals surface area (Å²) in [5.41, 5.74) is 1.25. The molecule has 1 aliphatic rings. The van der Waals surface area contributed by atoms with E-state index in [1.165, 1.54) is 17.7 Å². The van der Waals surface area contributed by atoms with Crippen LogP contribution in [0.1, 0.15) is 24.8 Å². The van der Waals surface area contributed by atoms with E-state index in [9.17, 15) is 9.18 Å². The van der Waals surface area contributed by atoms with E-state index in [0.717, 1.165) is 37.5 Å². The van der Waals surface area contributed by atoms with Gasteiger partial charge in [-0.15, -0.1) is 0 Å². The molecule has 0 radical (unpaired) electrons. The van der Waals surface area contributed by atoms with E-state index in [-0.39, 0.29) is 30.8 Å². The standard InChI is InChI=1S/C21H24ClFN2O2/c22-17-6-4-16(5-7-17)15-25-11-8-19(9-12-25)24-21(26)10-13-27-20-3-1-2-18(23)14-20/h1-7,14,19H,8-13,15H2,(H,24,26). The monoisotopic (exact) mass is 390 g/mol. The predicted octanol–water partition coefficient (Wildman–Crippen LogP) is 4.03. The third-order valence-electron chi connectivity index (χ3n) is 4.67. The zero-order valence-corrected chi connectivity index (χ0v) is 15.9. The van der Waals surface area contributed by atoms with Crippen LogP contribution in [0.15, 0.2) is 48.5 Å². The van der Waals surface area contributed by atoms with E-state index in [4.69, 9.17) is 16.3 Å². The van der Waals surface area contributed by atoms with Gasteiger partial charge in [-0.3, -0.25) is 9.69 Å². The number of benzene rings is 2. The minimum absolute atomic E-state index is 0.0254. The number of piperidine rings is 1. The number of rotatable bonds is 7. The number of amides is 1. The van der Waals surface area contributed by atoms with Crippen molar-refractivity contribution in [3.8, 4) is 5.75 Å². The van der Waals surface area contributed by atoms with E-state index in [0.29, 0.717) is 5.75 Å². The summed E-state index contributed by atoms with van der Waals surface area (Å²) >= 11 is 5.92. The molecular weight excluding hydrogens is 367 g/mol. The molecule has 6 heteroatoms. The zero-order valence-electron chi connectivity index (χ0n) is 15.2. The van der Waals surface area contributed by atoms with Crippen molar-refractivity contribution in [1.29, 1.82) is 0 Å². The molecule has 27 heavy (non-hydrogen) atoms. The largest absolute Gasteiger partial charge is 0.493 e. The Hall–Kier alpha value is -2.11. The van der Waals surface area contributed by atoms with Gasteiger partial charge in [-0.05, 0) is 42.7 Å². The van der Waals surface area contributed by atoms with Gasteiger partial charge in [0.2, 0.25) is 5.91 Å². The van der Waals surface area contributed by atoms with Crippen LogP contribution in [0.4, 0.5) is 4.39 Å². The second-order valence-corrected chi connectivity index (χ2v) is 7.24. The summed E-state index contributed by atoms with van der Waals surface area (Å²) in [5, 5.41) is 3.82. The number of likely N-dealkylation sites (tertiary alicyclic amines) is 1. The van der Waals surface area contributed by atoms with Crippen LogP contribution >= 0.6 is 11.6 Å². The molecule has 2 aromatic rings. The lowest BCUT2D eigenvalue weighted by atomic mass is 10.0. The van der Waals surface area contributed by atoms with E-state index in [1.807, 2.05) is 12.1 Å². The summed E-state index contributed by atoms with van der Waals surface area (Å²) in [7, 11) is 0. The maximum absolute atomic E-state index is 13.1. The lowest BCUT2D eigenvalue weighted by molar-refractivity contribution is -0.122. The molecule has 0 atom stereocenters. The molecule has 4 nitrogen and oxygen atoms in total. The van der Waals surface area contributed by atoms with Gasteiger partial charge >= 0.3 is 0 Å². The summed E-state index contributed by atoms with van der Waals surface area (Å²) in [4.78, 5) is 14.5. The second kappa shape index (κ2) is 9.72. The fourth-order valence-electron chi connectivity index (χ4n) is 3.20. The van der Waals surface area contributed by atoms with Crippen molar-refractivity contribution < 1.29 is 13.9 Å². The molecule has 3 rings (SSSR count). The number of hydrogen-bond acceptors (Lipinski definition) is 3. The first-order valence-corrected chi connectivity index (χ1v) is 9.61. The molecule has 1 aliphatic heterocycles. The Labute approximate surface area is 164 Å². The molecule has 1 amide bonds. The molecule has 0 aliphatic carbocycles. The van der Waals surface area contributed by atoms with Crippen LogP contribution in [0.25, 0.3) is 0 Å². The summed E-state index contributed by atoms with van der Waals surface area (Å²) in [6.45, 7) is 3.05. The Balaban J connectivity index is 1.33. The number of carbonyl (C=O) groups is 1. The Kier molecular flexibility index (Phi) is 7.07. The molecule has 1 N–H and O–H groups in total.